The molecule has 3 heterocycles. The Bertz CT molecular complexity index is 1900. The van der Waals surface area contributed by atoms with Crippen molar-refractivity contribution in [3.8, 4) is 34.2 Å². The molecule has 2 aromatic carbocycles. The lowest BCUT2D eigenvalue weighted by molar-refractivity contribution is 0.302. The molecule has 12 heteroatoms. The lowest BCUT2D eigenvalue weighted by Crippen LogP contribution is -2.14. The number of fused-ring (bicyclic) bond motifs is 1. The van der Waals surface area contributed by atoms with Crippen molar-refractivity contribution in [2.75, 3.05) is 0 Å². The molecule has 0 amide bonds. The standard InChI is InChI=1S/C28H22ClFN8O2/c1-38-27(25-19(11-31)23(40-17-4-5-17)10-21(29)26(25)30)20(13-34-38)15-8-14(2-3-16-6-7-33-35-16)24-18(9-15)22(12-32)36-37-28(24)39/h2-3,6-10,13,17H,4-5,12,32H2,1H3,(H,33,35)(H,37,39)/b3-2+. The van der Waals surface area contributed by atoms with Crippen LogP contribution in [0.3, 0.4) is 0 Å². The van der Waals surface area contributed by atoms with Crippen LogP contribution in [0.5, 0.6) is 5.75 Å². The van der Waals surface area contributed by atoms with Crippen LogP contribution in [0.25, 0.3) is 45.3 Å². The first-order valence-electron chi connectivity index (χ1n) is 12.4. The van der Waals surface area contributed by atoms with Crippen LogP contribution >= 0.6 is 11.6 Å². The third kappa shape index (κ3) is 4.43. The van der Waals surface area contributed by atoms with E-state index in [2.05, 4.69) is 31.6 Å². The van der Waals surface area contributed by atoms with E-state index in [1.54, 1.807) is 49.8 Å². The molecule has 10 nitrogen and oxygen atoms in total. The van der Waals surface area contributed by atoms with Crippen molar-refractivity contribution in [2.24, 2.45) is 12.8 Å². The molecule has 0 unspecified atom stereocenters. The summed E-state index contributed by atoms with van der Waals surface area (Å²) >= 11 is 6.30. The number of benzene rings is 2. The molecule has 200 valence electrons. The Morgan fingerprint density at radius 2 is 2.12 bits per heavy atom. The Morgan fingerprint density at radius 3 is 2.83 bits per heavy atom. The molecule has 1 aliphatic carbocycles. The summed E-state index contributed by atoms with van der Waals surface area (Å²) in [4.78, 5) is 12.9. The summed E-state index contributed by atoms with van der Waals surface area (Å²) in [7, 11) is 1.65. The molecule has 4 N–H and O–H groups in total. The molecule has 1 fully saturated rings. The van der Waals surface area contributed by atoms with Crippen molar-refractivity contribution >= 4 is 34.5 Å². The predicted octanol–water partition coefficient (Wildman–Crippen LogP) is 4.55. The van der Waals surface area contributed by atoms with Crippen LogP contribution in [0, 0.1) is 17.1 Å². The second kappa shape index (κ2) is 10.1. The molecular formula is C28H22ClFN8O2. The topological polar surface area (TPSA) is 151 Å². The van der Waals surface area contributed by atoms with Gasteiger partial charge in [0.25, 0.3) is 5.56 Å². The van der Waals surface area contributed by atoms with Crippen LogP contribution in [-0.4, -0.2) is 36.3 Å². The molecule has 1 aliphatic rings. The van der Waals surface area contributed by atoms with Gasteiger partial charge in [-0.05, 0) is 48.2 Å². The van der Waals surface area contributed by atoms with Gasteiger partial charge in [0.2, 0.25) is 0 Å². The number of hydrogen-bond acceptors (Lipinski definition) is 7. The number of H-pyrrole nitrogens is 2. The van der Waals surface area contributed by atoms with Gasteiger partial charge in [-0.25, -0.2) is 9.49 Å². The van der Waals surface area contributed by atoms with E-state index in [9.17, 15) is 10.1 Å². The molecular weight excluding hydrogens is 535 g/mol. The van der Waals surface area contributed by atoms with E-state index in [1.165, 1.54) is 10.7 Å². The molecule has 0 aliphatic heterocycles. The minimum Gasteiger partial charge on any atom is -0.489 e. The van der Waals surface area contributed by atoms with E-state index in [0.717, 1.165) is 18.5 Å². The van der Waals surface area contributed by atoms with E-state index >= 15 is 4.39 Å². The fraction of sp³-hybridized carbons (Fsp3) is 0.179. The Labute approximate surface area is 231 Å². The van der Waals surface area contributed by atoms with Gasteiger partial charge in [-0.15, -0.1) is 0 Å². The summed E-state index contributed by atoms with van der Waals surface area (Å²) in [5.41, 5.74) is 8.82. The normalized spacial score (nSPS) is 13.3. The Balaban J connectivity index is 1.62. The number of nitrogens with one attached hydrogen (secondary N) is 2. The maximum Gasteiger partial charge on any atom is 0.272 e. The lowest BCUT2D eigenvalue weighted by Gasteiger charge is -2.16. The molecule has 6 rings (SSSR count). The van der Waals surface area contributed by atoms with Crippen LogP contribution in [0.1, 0.15) is 35.4 Å². The first kappa shape index (κ1) is 25.5. The molecule has 40 heavy (non-hydrogen) atoms. The number of nitriles is 1. The molecule has 0 bridgehead atoms. The summed E-state index contributed by atoms with van der Waals surface area (Å²) in [6, 6.07) is 8.79. The SMILES string of the molecule is Cn1ncc(-c2cc(/C=C/c3ccn[nH]3)c3c(=O)[nH]nc(CN)c3c2)c1-c1c(F)c(Cl)cc(OC2CC2)c1C#N. The van der Waals surface area contributed by atoms with Crippen LogP contribution in [0.2, 0.25) is 5.02 Å². The van der Waals surface area contributed by atoms with E-state index < -0.39 is 5.82 Å². The minimum atomic E-state index is -0.757. The summed E-state index contributed by atoms with van der Waals surface area (Å²) in [6.07, 6.45) is 8.43. The molecule has 5 aromatic rings. The first-order chi connectivity index (χ1) is 19.4. The molecule has 0 saturated heterocycles. The van der Waals surface area contributed by atoms with Gasteiger partial charge in [0.1, 0.15) is 17.4 Å². The van der Waals surface area contributed by atoms with Gasteiger partial charge >= 0.3 is 0 Å². The van der Waals surface area contributed by atoms with Crippen LogP contribution < -0.4 is 16.0 Å². The van der Waals surface area contributed by atoms with Gasteiger partial charge in [0, 0.05) is 36.8 Å². The van der Waals surface area contributed by atoms with Gasteiger partial charge in [-0.3, -0.25) is 14.6 Å². The number of ether oxygens (including phenoxy) is 1. The number of nitrogens with two attached hydrogens (primary N) is 1. The number of hydrogen-bond donors (Lipinski definition) is 3. The van der Waals surface area contributed by atoms with Gasteiger partial charge < -0.3 is 10.5 Å². The predicted molar refractivity (Wildman–Crippen MR) is 149 cm³/mol. The molecule has 3 aromatic heterocycles. The maximum absolute atomic E-state index is 15.7. The number of aryl methyl sites for hydroxylation is 1. The maximum atomic E-state index is 15.7. The summed E-state index contributed by atoms with van der Waals surface area (Å²) in [5.74, 6) is -0.534. The second-order valence-electron chi connectivity index (χ2n) is 9.42. The van der Waals surface area contributed by atoms with Gasteiger partial charge in [0.05, 0.1) is 45.4 Å². The average molecular weight is 557 g/mol. The van der Waals surface area contributed by atoms with Crippen LogP contribution in [0.15, 0.2) is 41.5 Å². The highest BCUT2D eigenvalue weighted by Gasteiger charge is 2.30. The monoisotopic (exact) mass is 556 g/mol. The number of aromatic nitrogens is 6. The van der Waals surface area contributed by atoms with Crippen molar-refractivity contribution in [1.29, 1.82) is 5.26 Å². The lowest BCUT2D eigenvalue weighted by atomic mass is 9.93. The van der Waals surface area contributed by atoms with Crippen LogP contribution in [0.4, 0.5) is 4.39 Å². The Kier molecular flexibility index (Phi) is 6.42. The van der Waals surface area contributed by atoms with E-state index in [-0.39, 0.29) is 40.1 Å². The van der Waals surface area contributed by atoms with Gasteiger partial charge in [0.15, 0.2) is 5.82 Å². The first-order valence-corrected chi connectivity index (χ1v) is 12.8. The summed E-state index contributed by atoms with van der Waals surface area (Å²) in [5, 5.41) is 28.7. The third-order valence-corrected chi connectivity index (χ3v) is 7.03. The quantitative estimate of drug-likeness (QED) is 0.266. The zero-order valence-electron chi connectivity index (χ0n) is 21.2. The number of nitrogens with zero attached hydrogens (tertiary/aromatic N) is 5. The highest BCUT2D eigenvalue weighted by molar-refractivity contribution is 6.31. The smallest absolute Gasteiger partial charge is 0.272 e. The van der Waals surface area contributed by atoms with E-state index in [0.29, 0.717) is 38.9 Å². The second-order valence-corrected chi connectivity index (χ2v) is 9.82. The highest BCUT2D eigenvalue weighted by Crippen LogP contribution is 2.43. The summed E-state index contributed by atoms with van der Waals surface area (Å²) < 4.78 is 23.1. The largest absolute Gasteiger partial charge is 0.489 e. The van der Waals surface area contributed by atoms with Gasteiger partial charge in [-0.1, -0.05) is 17.7 Å². The fourth-order valence-corrected chi connectivity index (χ4v) is 4.90. The van der Waals surface area contributed by atoms with Crippen molar-refractivity contribution in [2.45, 2.75) is 25.5 Å². The van der Waals surface area contributed by atoms with E-state index in [1.807, 2.05) is 0 Å². The molecule has 0 spiro atoms. The fourth-order valence-electron chi connectivity index (χ4n) is 4.70. The van der Waals surface area contributed by atoms with E-state index in [4.69, 9.17) is 22.1 Å². The zero-order chi connectivity index (χ0) is 28.0. The van der Waals surface area contributed by atoms with Crippen molar-refractivity contribution in [3.05, 3.63) is 80.4 Å². The molecule has 0 atom stereocenters. The van der Waals surface area contributed by atoms with Crippen molar-refractivity contribution in [3.63, 3.8) is 0 Å². The molecule has 0 radical (unpaired) electrons. The van der Waals surface area contributed by atoms with Gasteiger partial charge in [-0.2, -0.15) is 20.6 Å². The van der Waals surface area contributed by atoms with Crippen molar-refractivity contribution < 1.29 is 9.13 Å². The summed E-state index contributed by atoms with van der Waals surface area (Å²) in [6.45, 7) is 0.0731. The minimum absolute atomic E-state index is 0.0154. The highest BCUT2D eigenvalue weighted by atomic mass is 35.5. The number of rotatable bonds is 7. The Morgan fingerprint density at radius 1 is 1.30 bits per heavy atom. The van der Waals surface area contributed by atoms with Crippen molar-refractivity contribution in [1.82, 2.24) is 30.2 Å². The average Bonchev–Trinajstić information content (AvgIpc) is 3.45. The third-order valence-electron chi connectivity index (χ3n) is 6.76. The van der Waals surface area contributed by atoms with Crippen LogP contribution in [-0.2, 0) is 13.6 Å². The zero-order valence-corrected chi connectivity index (χ0v) is 22.0. The number of aromatic amines is 2. The Hall–Kier alpha value is -4.79. The molecule has 1 saturated carbocycles. The number of halogens is 2.